The third-order valence-electron chi connectivity index (χ3n) is 12.6. The van der Waals surface area contributed by atoms with Gasteiger partial charge in [0.25, 0.3) is 40.5 Å². The molecule has 0 bridgehead atoms. The number of halogens is 1. The Morgan fingerprint density at radius 3 is 2.13 bits per heavy atom. The summed E-state index contributed by atoms with van der Waals surface area (Å²) in [5.74, 6) is 1.02. The van der Waals surface area contributed by atoms with Crippen LogP contribution in [0.1, 0.15) is 103 Å². The summed E-state index contributed by atoms with van der Waals surface area (Å²) in [6.07, 6.45) is 13.3. The molecular formula is C49H61ClN3O13S4+. The van der Waals surface area contributed by atoms with Crippen molar-refractivity contribution in [2.24, 2.45) is 10.9 Å². The first-order valence-corrected chi connectivity index (χ1v) is 29.4. The predicted molar refractivity (Wildman–Crippen MR) is 273 cm³/mol. The molecule has 0 saturated heterocycles. The van der Waals surface area contributed by atoms with Crippen LogP contribution < -0.4 is 14.2 Å². The molecule has 0 aliphatic carbocycles. The van der Waals surface area contributed by atoms with Crippen LogP contribution in [0.2, 0.25) is 5.02 Å². The minimum absolute atomic E-state index is 0.0103. The molecule has 0 spiro atoms. The van der Waals surface area contributed by atoms with Gasteiger partial charge in [-0.1, -0.05) is 76.1 Å². The number of aliphatic imine (C=N–C) groups is 1. The van der Waals surface area contributed by atoms with Crippen molar-refractivity contribution in [1.82, 2.24) is 0 Å². The van der Waals surface area contributed by atoms with E-state index in [-0.39, 0.29) is 42.3 Å². The van der Waals surface area contributed by atoms with Gasteiger partial charge in [-0.15, -0.1) is 0 Å². The number of aromatic nitrogens is 1. The first kappa shape index (κ1) is 54.8. The van der Waals surface area contributed by atoms with E-state index < -0.39 is 66.8 Å². The number of allylic oxidation sites excluding steroid dienone is 6. The van der Waals surface area contributed by atoms with Gasteiger partial charge in [0.2, 0.25) is 0 Å². The van der Waals surface area contributed by atoms with Gasteiger partial charge in [-0.05, 0) is 134 Å². The molecule has 4 aromatic rings. The number of benzene rings is 3. The number of hydrogen-bond donors (Lipinski definition) is 4. The Labute approximate surface area is 416 Å². The maximum atomic E-state index is 12.7. The van der Waals surface area contributed by atoms with E-state index in [0.29, 0.717) is 76.4 Å². The molecule has 6 rings (SSSR count). The van der Waals surface area contributed by atoms with Crippen molar-refractivity contribution in [3.8, 4) is 5.75 Å². The lowest BCUT2D eigenvalue weighted by Gasteiger charge is -2.27. The molecule has 380 valence electrons. The maximum Gasteiger partial charge on any atom is 0.327 e. The van der Waals surface area contributed by atoms with Crippen molar-refractivity contribution in [1.29, 1.82) is 0 Å². The summed E-state index contributed by atoms with van der Waals surface area (Å²) in [5, 5.41) is 0.612. The molecule has 21 heteroatoms. The molecule has 2 aliphatic heterocycles. The first-order chi connectivity index (χ1) is 32.5. The van der Waals surface area contributed by atoms with Crippen LogP contribution in [-0.4, -0.2) is 82.3 Å². The Bertz CT molecular complexity index is 3250. The Kier molecular flexibility index (Phi) is 16.7. The van der Waals surface area contributed by atoms with Crippen LogP contribution >= 0.6 is 11.6 Å². The zero-order chi connectivity index (χ0) is 51.6. The van der Waals surface area contributed by atoms with E-state index in [4.69, 9.17) is 21.3 Å². The van der Waals surface area contributed by atoms with E-state index in [0.717, 1.165) is 36.5 Å². The van der Waals surface area contributed by atoms with Gasteiger partial charge in [0.05, 0.1) is 45.6 Å². The quantitative estimate of drug-likeness (QED) is 0.0248. The van der Waals surface area contributed by atoms with Gasteiger partial charge in [-0.2, -0.15) is 33.7 Å². The molecule has 0 fully saturated rings. The lowest BCUT2D eigenvalue weighted by atomic mass is 9.81. The number of rotatable bonds is 22. The fourth-order valence-corrected chi connectivity index (χ4v) is 11.8. The second kappa shape index (κ2) is 21.3. The molecule has 0 radical (unpaired) electrons. The number of anilines is 1. The number of unbranched alkanes of at least 4 members (excludes halogenated alkanes) is 3. The van der Waals surface area contributed by atoms with Gasteiger partial charge in [-0.25, -0.2) is 4.57 Å². The van der Waals surface area contributed by atoms with E-state index >= 15 is 0 Å². The smallest absolute Gasteiger partial charge is 0.327 e. The zero-order valence-electron chi connectivity index (χ0n) is 40.0. The molecule has 4 N–H and O–H groups in total. The third-order valence-corrected chi connectivity index (χ3v) is 16.2. The number of nitrogens with zero attached hydrogens (tertiary/aromatic N) is 3. The topological polar surface area (TPSA) is 246 Å². The molecule has 3 heterocycles. The monoisotopic (exact) mass is 1060 g/mol. The van der Waals surface area contributed by atoms with Crippen molar-refractivity contribution in [2.45, 2.75) is 114 Å². The van der Waals surface area contributed by atoms with E-state index in [2.05, 4.69) is 13.8 Å². The van der Waals surface area contributed by atoms with Crippen LogP contribution in [0.15, 0.2) is 106 Å². The van der Waals surface area contributed by atoms with Crippen molar-refractivity contribution >= 4 is 85.6 Å². The van der Waals surface area contributed by atoms with E-state index in [1.807, 2.05) is 91.8 Å². The van der Waals surface area contributed by atoms with Gasteiger partial charge in [0.15, 0.2) is 5.71 Å². The highest BCUT2D eigenvalue weighted by Gasteiger charge is 2.44. The molecule has 2 aliphatic rings. The van der Waals surface area contributed by atoms with Crippen LogP contribution in [0.3, 0.4) is 0 Å². The predicted octanol–water partition coefficient (Wildman–Crippen LogP) is 9.50. The number of hydrogen-bond acceptors (Lipinski definition) is 11. The molecule has 16 nitrogen and oxygen atoms in total. The van der Waals surface area contributed by atoms with Gasteiger partial charge in [0.1, 0.15) is 16.8 Å². The first-order valence-electron chi connectivity index (χ1n) is 22.9. The van der Waals surface area contributed by atoms with Crippen LogP contribution in [0.4, 0.5) is 11.5 Å². The molecular weight excluding hydrogens is 1000 g/mol. The summed E-state index contributed by atoms with van der Waals surface area (Å²) in [6, 6.07) is 14.4. The number of pyridine rings is 1. The number of ether oxygens (including phenoxy) is 1. The van der Waals surface area contributed by atoms with Gasteiger partial charge in [0, 0.05) is 28.7 Å². The largest absolute Gasteiger partial charge is 0.494 e. The summed E-state index contributed by atoms with van der Waals surface area (Å²) >= 11 is 6.63. The summed E-state index contributed by atoms with van der Waals surface area (Å²) in [6.45, 7) is 13.2. The normalized spacial score (nSPS) is 16.7. The minimum atomic E-state index is -5.01. The highest BCUT2D eigenvalue weighted by atomic mass is 35.5. The summed E-state index contributed by atoms with van der Waals surface area (Å²) in [4.78, 5) is 5.53. The van der Waals surface area contributed by atoms with E-state index in [9.17, 15) is 51.9 Å². The Hall–Kier alpha value is -4.51. The third kappa shape index (κ3) is 13.3. The zero-order valence-corrected chi connectivity index (χ0v) is 44.0. The summed E-state index contributed by atoms with van der Waals surface area (Å²) in [7, 11) is -18.4. The molecule has 3 aromatic carbocycles. The van der Waals surface area contributed by atoms with Crippen molar-refractivity contribution in [2.75, 3.05) is 29.6 Å². The lowest BCUT2D eigenvalue weighted by molar-refractivity contribution is -0.684. The van der Waals surface area contributed by atoms with Gasteiger partial charge >= 0.3 is 5.82 Å². The highest BCUT2D eigenvalue weighted by Crippen LogP contribution is 2.52. The van der Waals surface area contributed by atoms with Gasteiger partial charge in [-0.3, -0.25) is 18.2 Å². The number of fused-ring (bicyclic) bond motifs is 4. The molecule has 0 amide bonds. The van der Waals surface area contributed by atoms with Crippen LogP contribution in [0, 0.1) is 5.92 Å². The Morgan fingerprint density at radius 2 is 1.49 bits per heavy atom. The molecule has 1 aromatic heterocycles. The Balaban J connectivity index is 1.50. The SMILES string of the molecule is CC(C)CCCCOc1cccc(C(C=CC2=Nc3c(cc(Cl)c[n+]3CCCCS(=O)(=O)O)C2(C)C)=CC=C2N(CCCCS(=O)(=O)O)c3ccc4c(S(=O)(=O)O)cc(S(=O)(=O)O)cc4c3C2(C)C)c1. The van der Waals surface area contributed by atoms with Crippen LogP contribution in [-0.2, 0) is 57.8 Å². The Morgan fingerprint density at radius 1 is 0.800 bits per heavy atom. The van der Waals surface area contributed by atoms with Crippen LogP contribution in [0.5, 0.6) is 5.75 Å². The standard InChI is InChI=1S/C49H60ClN3O13S4/c1-33(2)14-7-10-25-66-37-16-13-15-35(28-37)34(17-21-44-48(3,4)41-29-36(50)32-52(47(41)51-44)23-8-11-26-67(54,55)56)18-22-45-49(5,6)46-40-30-38(69(60,61)62)31-43(70(63,64)65)39(40)19-20-42(46)53(45)24-9-12-27-68(57,58)59/h13,15-22,28-33H,7-12,14,23-27H2,1-6H3,(H3-,54,55,56,57,58,59,60,61,62,63,64,65)/p+1. The molecule has 0 saturated carbocycles. The second-order valence-corrected chi connectivity index (χ2v) is 25.6. The highest BCUT2D eigenvalue weighted by molar-refractivity contribution is 7.87. The lowest BCUT2D eigenvalue weighted by Crippen LogP contribution is -2.35. The maximum absolute atomic E-state index is 12.7. The number of aryl methyl sites for hydroxylation is 1. The fraction of sp³-hybridized carbons (Fsp3) is 0.429. The average molecular weight is 1060 g/mol. The minimum Gasteiger partial charge on any atom is -0.494 e. The van der Waals surface area contributed by atoms with Crippen molar-refractivity contribution in [3.63, 3.8) is 0 Å². The van der Waals surface area contributed by atoms with Crippen molar-refractivity contribution < 1.29 is 61.2 Å². The van der Waals surface area contributed by atoms with Crippen LogP contribution in [0.25, 0.3) is 16.3 Å². The van der Waals surface area contributed by atoms with Gasteiger partial charge < -0.3 is 9.64 Å². The average Bonchev–Trinajstić information content (AvgIpc) is 3.62. The second-order valence-electron chi connectivity index (χ2n) is 19.2. The summed E-state index contributed by atoms with van der Waals surface area (Å²) in [5.41, 5.74) is 2.99. The van der Waals surface area contributed by atoms with E-state index in [1.54, 1.807) is 12.3 Å². The van der Waals surface area contributed by atoms with Crippen molar-refractivity contribution in [3.05, 3.63) is 113 Å². The summed E-state index contributed by atoms with van der Waals surface area (Å²) < 4.78 is 144. The van der Waals surface area contributed by atoms with E-state index in [1.165, 1.54) is 6.07 Å². The fourth-order valence-electron chi connectivity index (χ4n) is 9.06. The molecule has 0 atom stereocenters. The molecule has 70 heavy (non-hydrogen) atoms. The molecule has 0 unspecified atom stereocenters.